The molecule has 16 heavy (non-hydrogen) atoms. The Morgan fingerprint density at radius 1 is 1.25 bits per heavy atom. The van der Waals surface area contributed by atoms with E-state index in [9.17, 15) is 0 Å². The maximum atomic E-state index is 3.64. The molecule has 0 aromatic rings. The lowest BCUT2D eigenvalue weighted by Crippen LogP contribution is -2.49. The fraction of sp³-hybridized carbons (Fsp3) is 1.00. The van der Waals surface area contributed by atoms with E-state index in [-0.39, 0.29) is 0 Å². The Bertz CT molecular complexity index is 191. The lowest BCUT2D eigenvalue weighted by molar-refractivity contribution is 0.175. The van der Waals surface area contributed by atoms with Gasteiger partial charge in [-0.25, -0.2) is 0 Å². The highest BCUT2D eigenvalue weighted by Crippen LogP contribution is 2.30. The average molecular weight is 226 g/mol. The van der Waals surface area contributed by atoms with Crippen LogP contribution in [0.25, 0.3) is 0 Å². The summed E-state index contributed by atoms with van der Waals surface area (Å²) in [5, 5.41) is 3.64. The van der Waals surface area contributed by atoms with Crippen molar-refractivity contribution in [1.82, 2.24) is 10.2 Å². The van der Waals surface area contributed by atoms with Gasteiger partial charge < -0.3 is 10.2 Å². The molecule has 96 valence electrons. The van der Waals surface area contributed by atoms with Gasteiger partial charge in [-0.15, -0.1) is 0 Å². The molecule has 1 fully saturated rings. The first kappa shape index (κ1) is 14.0. The third kappa shape index (κ3) is 4.84. The highest BCUT2D eigenvalue weighted by Gasteiger charge is 2.28. The number of rotatable bonds is 7. The van der Waals surface area contributed by atoms with Crippen molar-refractivity contribution in [1.29, 1.82) is 0 Å². The number of hydrogen-bond acceptors (Lipinski definition) is 2. The first-order valence-corrected chi connectivity index (χ1v) is 6.93. The van der Waals surface area contributed by atoms with Crippen LogP contribution in [0.2, 0.25) is 0 Å². The molecule has 2 heteroatoms. The average Bonchev–Trinajstić information content (AvgIpc) is 2.98. The zero-order valence-corrected chi connectivity index (χ0v) is 11.8. The predicted octanol–water partition coefficient (Wildman–Crippen LogP) is 2.74. The summed E-state index contributed by atoms with van der Waals surface area (Å²) < 4.78 is 0. The molecule has 0 spiro atoms. The lowest BCUT2D eigenvalue weighted by atomic mass is 9.86. The first-order valence-electron chi connectivity index (χ1n) is 6.93. The van der Waals surface area contributed by atoms with Crippen LogP contribution in [-0.4, -0.2) is 37.1 Å². The molecule has 1 unspecified atom stereocenters. The summed E-state index contributed by atoms with van der Waals surface area (Å²) in [4.78, 5) is 2.62. The van der Waals surface area contributed by atoms with Crippen molar-refractivity contribution in [3.8, 4) is 0 Å². The van der Waals surface area contributed by atoms with Gasteiger partial charge in [0, 0.05) is 19.1 Å². The van der Waals surface area contributed by atoms with E-state index < -0.39 is 0 Å². The highest BCUT2D eigenvalue weighted by atomic mass is 15.2. The van der Waals surface area contributed by atoms with Crippen LogP contribution in [0.3, 0.4) is 0 Å². The Labute approximate surface area is 102 Å². The molecule has 0 radical (unpaired) electrons. The van der Waals surface area contributed by atoms with Crippen LogP contribution in [0.15, 0.2) is 0 Å². The van der Waals surface area contributed by atoms with Gasteiger partial charge in [-0.05, 0) is 37.3 Å². The third-order valence-corrected chi connectivity index (χ3v) is 3.60. The molecule has 0 aromatic heterocycles. The summed E-state index contributed by atoms with van der Waals surface area (Å²) in [6.45, 7) is 16.3. The van der Waals surface area contributed by atoms with E-state index in [0.717, 1.165) is 12.5 Å². The maximum absolute atomic E-state index is 3.64. The summed E-state index contributed by atoms with van der Waals surface area (Å²) in [6, 6.07) is 0.608. The van der Waals surface area contributed by atoms with Gasteiger partial charge in [0.15, 0.2) is 0 Å². The number of hydrogen-bond donors (Lipinski definition) is 1. The quantitative estimate of drug-likeness (QED) is 0.718. The Hall–Kier alpha value is -0.0800. The summed E-state index contributed by atoms with van der Waals surface area (Å²) in [5.74, 6) is 1.00. The molecule has 2 nitrogen and oxygen atoms in total. The second-order valence-electron chi connectivity index (χ2n) is 6.27. The number of likely N-dealkylation sites (N-methyl/N-ethyl adjacent to an activating group) is 2. The van der Waals surface area contributed by atoms with Gasteiger partial charge in [-0.2, -0.15) is 0 Å². The molecule has 0 aliphatic heterocycles. The second-order valence-corrected chi connectivity index (χ2v) is 6.27. The zero-order chi connectivity index (χ0) is 12.2. The SMILES string of the molecule is CCNC(CN(CC)CC1CC1)C(C)(C)C. The van der Waals surface area contributed by atoms with Crippen LogP contribution < -0.4 is 5.32 Å². The van der Waals surface area contributed by atoms with Gasteiger partial charge in [0.1, 0.15) is 0 Å². The van der Waals surface area contributed by atoms with Crippen LogP contribution in [0, 0.1) is 11.3 Å². The molecule has 0 amide bonds. The Morgan fingerprint density at radius 3 is 2.25 bits per heavy atom. The van der Waals surface area contributed by atoms with Crippen molar-refractivity contribution in [2.24, 2.45) is 11.3 Å². The van der Waals surface area contributed by atoms with Crippen LogP contribution in [0.5, 0.6) is 0 Å². The van der Waals surface area contributed by atoms with Gasteiger partial charge in [0.2, 0.25) is 0 Å². The van der Waals surface area contributed by atoms with Gasteiger partial charge in [-0.3, -0.25) is 0 Å². The molecule has 1 aliphatic carbocycles. The van der Waals surface area contributed by atoms with Crippen molar-refractivity contribution in [2.45, 2.75) is 53.5 Å². The molecule has 1 atom stereocenters. The molecule has 0 heterocycles. The van der Waals surface area contributed by atoms with Crippen LogP contribution in [0.1, 0.15) is 47.5 Å². The molecule has 1 saturated carbocycles. The van der Waals surface area contributed by atoms with Crippen molar-refractivity contribution < 1.29 is 0 Å². The summed E-state index contributed by atoms with van der Waals surface area (Å²) in [6.07, 6.45) is 2.91. The second kappa shape index (κ2) is 6.02. The maximum Gasteiger partial charge on any atom is 0.0243 e. The number of nitrogens with one attached hydrogen (secondary N) is 1. The Morgan fingerprint density at radius 2 is 1.88 bits per heavy atom. The van der Waals surface area contributed by atoms with E-state index in [2.05, 4.69) is 44.8 Å². The van der Waals surface area contributed by atoms with Crippen LogP contribution in [-0.2, 0) is 0 Å². The third-order valence-electron chi connectivity index (χ3n) is 3.60. The van der Waals surface area contributed by atoms with E-state index in [1.54, 1.807) is 0 Å². The smallest absolute Gasteiger partial charge is 0.0243 e. The zero-order valence-electron chi connectivity index (χ0n) is 11.8. The van der Waals surface area contributed by atoms with Gasteiger partial charge >= 0.3 is 0 Å². The minimum absolute atomic E-state index is 0.354. The van der Waals surface area contributed by atoms with Crippen molar-refractivity contribution in [3.05, 3.63) is 0 Å². The molecule has 1 N–H and O–H groups in total. The fourth-order valence-electron chi connectivity index (χ4n) is 2.15. The monoisotopic (exact) mass is 226 g/mol. The molecule has 1 rings (SSSR count). The summed E-state index contributed by atoms with van der Waals surface area (Å²) in [7, 11) is 0. The Balaban J connectivity index is 2.43. The van der Waals surface area contributed by atoms with Gasteiger partial charge in [0.05, 0.1) is 0 Å². The standard InChI is InChI=1S/C14H30N2/c1-6-15-13(14(3,4)5)11-16(7-2)10-12-8-9-12/h12-13,15H,6-11H2,1-5H3. The minimum Gasteiger partial charge on any atom is -0.312 e. The van der Waals surface area contributed by atoms with E-state index in [0.29, 0.717) is 11.5 Å². The van der Waals surface area contributed by atoms with E-state index in [4.69, 9.17) is 0 Å². The highest BCUT2D eigenvalue weighted by molar-refractivity contribution is 4.85. The van der Waals surface area contributed by atoms with Gasteiger partial charge in [-0.1, -0.05) is 34.6 Å². The summed E-state index contributed by atoms with van der Waals surface area (Å²) >= 11 is 0. The van der Waals surface area contributed by atoms with Crippen LogP contribution >= 0.6 is 0 Å². The predicted molar refractivity (Wildman–Crippen MR) is 71.8 cm³/mol. The molecular formula is C14H30N2. The van der Waals surface area contributed by atoms with E-state index in [1.807, 2.05) is 0 Å². The molecule has 0 bridgehead atoms. The lowest BCUT2D eigenvalue weighted by Gasteiger charge is -2.35. The molecular weight excluding hydrogens is 196 g/mol. The van der Waals surface area contributed by atoms with Crippen molar-refractivity contribution in [3.63, 3.8) is 0 Å². The molecule has 0 saturated heterocycles. The fourth-order valence-corrected chi connectivity index (χ4v) is 2.15. The van der Waals surface area contributed by atoms with Crippen molar-refractivity contribution in [2.75, 3.05) is 26.2 Å². The minimum atomic E-state index is 0.354. The van der Waals surface area contributed by atoms with E-state index in [1.165, 1.54) is 32.5 Å². The normalized spacial score (nSPS) is 19.1. The van der Waals surface area contributed by atoms with Gasteiger partial charge in [0.25, 0.3) is 0 Å². The molecule has 1 aliphatic rings. The van der Waals surface area contributed by atoms with Crippen molar-refractivity contribution >= 4 is 0 Å². The Kier molecular flexibility index (Phi) is 5.26. The van der Waals surface area contributed by atoms with E-state index >= 15 is 0 Å². The summed E-state index contributed by atoms with van der Waals surface area (Å²) in [5.41, 5.74) is 0.354. The number of nitrogens with zero attached hydrogens (tertiary/aromatic N) is 1. The van der Waals surface area contributed by atoms with Crippen LogP contribution in [0.4, 0.5) is 0 Å². The largest absolute Gasteiger partial charge is 0.312 e. The first-order chi connectivity index (χ1) is 7.47. The topological polar surface area (TPSA) is 15.3 Å². The molecule has 0 aromatic carbocycles.